The van der Waals surface area contributed by atoms with E-state index >= 15 is 0 Å². The Balaban J connectivity index is 0.000000196. The molecule has 0 aliphatic heterocycles. The lowest BCUT2D eigenvalue weighted by Gasteiger charge is -2.23. The molecular formula is C13H22. The van der Waals surface area contributed by atoms with Crippen LogP contribution in [-0.4, -0.2) is 0 Å². The van der Waals surface area contributed by atoms with Gasteiger partial charge in [0.2, 0.25) is 0 Å². The fourth-order valence-electron chi connectivity index (χ4n) is 3.50. The van der Waals surface area contributed by atoms with Gasteiger partial charge in [-0.25, -0.2) is 0 Å². The first kappa shape index (κ1) is 9.30. The van der Waals surface area contributed by atoms with Crippen molar-refractivity contribution in [1.82, 2.24) is 0 Å². The van der Waals surface area contributed by atoms with E-state index in [4.69, 9.17) is 0 Å². The van der Waals surface area contributed by atoms with Gasteiger partial charge in [0.15, 0.2) is 0 Å². The van der Waals surface area contributed by atoms with E-state index in [0.717, 1.165) is 23.7 Å². The third kappa shape index (κ3) is 1.56. The van der Waals surface area contributed by atoms with Crippen LogP contribution in [0.2, 0.25) is 0 Å². The molecule has 0 saturated heterocycles. The molecule has 13 heavy (non-hydrogen) atoms. The van der Waals surface area contributed by atoms with Gasteiger partial charge in [-0.05, 0) is 49.4 Å². The fourth-order valence-corrected chi connectivity index (χ4v) is 3.50. The number of hydrogen-bond acceptors (Lipinski definition) is 0. The van der Waals surface area contributed by atoms with Crippen molar-refractivity contribution in [3.63, 3.8) is 0 Å². The Morgan fingerprint density at radius 3 is 2.54 bits per heavy atom. The summed E-state index contributed by atoms with van der Waals surface area (Å²) in [6.07, 6.45) is 12.2. The molecule has 3 aliphatic carbocycles. The third-order valence-electron chi connectivity index (χ3n) is 3.92. The average Bonchev–Trinajstić information content (AvgIpc) is 2.79. The second kappa shape index (κ2) is 3.86. The normalized spacial score (nSPS) is 44.5. The molecule has 3 rings (SSSR count). The van der Waals surface area contributed by atoms with Crippen LogP contribution >= 0.6 is 0 Å². The molecule has 0 radical (unpaired) electrons. The second-order valence-corrected chi connectivity index (χ2v) is 4.95. The van der Waals surface area contributed by atoms with Crippen LogP contribution in [0.3, 0.4) is 0 Å². The minimum atomic E-state index is 1.03. The summed E-state index contributed by atoms with van der Waals surface area (Å²) >= 11 is 0. The number of hydrogen-bond donors (Lipinski definition) is 0. The summed E-state index contributed by atoms with van der Waals surface area (Å²) in [5, 5.41) is 0. The van der Waals surface area contributed by atoms with Crippen LogP contribution in [0.1, 0.15) is 46.0 Å². The summed E-state index contributed by atoms with van der Waals surface area (Å²) in [5.41, 5.74) is 0. The minimum Gasteiger partial charge on any atom is -0.0879 e. The van der Waals surface area contributed by atoms with E-state index in [1.54, 1.807) is 12.8 Å². The van der Waals surface area contributed by atoms with E-state index in [1.165, 1.54) is 19.3 Å². The number of fused-ring (bicyclic) bond motifs is 5. The molecule has 2 fully saturated rings. The van der Waals surface area contributed by atoms with Crippen LogP contribution in [0, 0.1) is 23.7 Å². The Morgan fingerprint density at radius 1 is 1.15 bits per heavy atom. The van der Waals surface area contributed by atoms with Crippen molar-refractivity contribution >= 4 is 0 Å². The topological polar surface area (TPSA) is 0 Å². The average molecular weight is 178 g/mol. The molecule has 2 bridgehead atoms. The second-order valence-electron chi connectivity index (χ2n) is 4.95. The van der Waals surface area contributed by atoms with E-state index < -0.39 is 0 Å². The molecule has 0 heterocycles. The molecule has 0 amide bonds. The van der Waals surface area contributed by atoms with Gasteiger partial charge in [-0.2, -0.15) is 0 Å². The minimum absolute atomic E-state index is 1.03. The molecule has 4 unspecified atom stereocenters. The Hall–Kier alpha value is -0.260. The molecule has 3 aliphatic rings. The Labute approximate surface area is 82.4 Å². The zero-order valence-electron chi connectivity index (χ0n) is 9.00. The van der Waals surface area contributed by atoms with E-state index in [1.807, 2.05) is 0 Å². The number of rotatable bonds is 0. The highest BCUT2D eigenvalue weighted by Crippen LogP contribution is 2.56. The maximum Gasteiger partial charge on any atom is -0.0171 e. The van der Waals surface area contributed by atoms with Gasteiger partial charge in [0, 0.05) is 0 Å². The Kier molecular flexibility index (Phi) is 2.76. The molecule has 0 aromatic heterocycles. The van der Waals surface area contributed by atoms with E-state index in [-0.39, 0.29) is 0 Å². The summed E-state index contributed by atoms with van der Waals surface area (Å²) in [5.74, 6) is 4.36. The summed E-state index contributed by atoms with van der Waals surface area (Å²) in [6, 6.07) is 0. The van der Waals surface area contributed by atoms with E-state index in [2.05, 4.69) is 26.0 Å². The van der Waals surface area contributed by atoms with Gasteiger partial charge in [0.05, 0.1) is 0 Å². The predicted molar refractivity (Wildman–Crippen MR) is 57.5 cm³/mol. The highest BCUT2D eigenvalue weighted by molar-refractivity contribution is 5.11. The van der Waals surface area contributed by atoms with Crippen molar-refractivity contribution in [3.8, 4) is 0 Å². The van der Waals surface area contributed by atoms with E-state index in [0.29, 0.717) is 0 Å². The van der Waals surface area contributed by atoms with Crippen LogP contribution < -0.4 is 0 Å². The largest absolute Gasteiger partial charge is 0.0879 e. The summed E-state index contributed by atoms with van der Waals surface area (Å²) < 4.78 is 0. The lowest BCUT2D eigenvalue weighted by atomic mass is 9.82. The van der Waals surface area contributed by atoms with Crippen molar-refractivity contribution in [2.24, 2.45) is 23.7 Å². The standard InChI is InChI=1S/C10H14.C3H8/c1-2-9-7-4-5-8(6-7)10(9)3-1;1-3-2/h1-2,7-10H,3-6H2;3H2,1-2H3. The zero-order chi connectivity index (χ0) is 9.26. The Bertz CT molecular complexity index is 192. The molecule has 0 spiro atoms. The third-order valence-corrected chi connectivity index (χ3v) is 3.92. The van der Waals surface area contributed by atoms with Crippen molar-refractivity contribution in [3.05, 3.63) is 12.2 Å². The van der Waals surface area contributed by atoms with E-state index in [9.17, 15) is 0 Å². The van der Waals surface area contributed by atoms with Crippen molar-refractivity contribution in [1.29, 1.82) is 0 Å². The van der Waals surface area contributed by atoms with Crippen LogP contribution in [0.5, 0.6) is 0 Å². The van der Waals surface area contributed by atoms with Gasteiger partial charge in [-0.3, -0.25) is 0 Å². The molecule has 2 saturated carbocycles. The monoisotopic (exact) mass is 178 g/mol. The van der Waals surface area contributed by atoms with Gasteiger partial charge >= 0.3 is 0 Å². The van der Waals surface area contributed by atoms with Gasteiger partial charge in [-0.15, -0.1) is 0 Å². The molecule has 0 aromatic rings. The van der Waals surface area contributed by atoms with Gasteiger partial charge < -0.3 is 0 Å². The Morgan fingerprint density at radius 2 is 1.85 bits per heavy atom. The first-order chi connectivity index (χ1) is 6.36. The maximum absolute atomic E-state index is 2.49. The maximum atomic E-state index is 2.49. The molecule has 0 aromatic carbocycles. The zero-order valence-corrected chi connectivity index (χ0v) is 9.00. The first-order valence-electron chi connectivity index (χ1n) is 6.03. The lowest BCUT2D eigenvalue weighted by Crippen LogP contribution is -2.16. The number of allylic oxidation sites excluding steroid dienone is 2. The quantitative estimate of drug-likeness (QED) is 0.491. The first-order valence-corrected chi connectivity index (χ1v) is 6.03. The predicted octanol–water partition coefficient (Wildman–Crippen LogP) is 4.02. The van der Waals surface area contributed by atoms with Crippen LogP contribution in [0.25, 0.3) is 0 Å². The van der Waals surface area contributed by atoms with Gasteiger partial charge in [0.1, 0.15) is 0 Å². The fraction of sp³-hybridized carbons (Fsp3) is 0.846. The molecular weight excluding hydrogens is 156 g/mol. The highest BCUT2D eigenvalue weighted by atomic mass is 14.5. The molecule has 74 valence electrons. The van der Waals surface area contributed by atoms with Crippen LogP contribution in [0.4, 0.5) is 0 Å². The SMILES string of the molecule is C1=CC2C3CCC(C3)C2C1.CCC. The van der Waals surface area contributed by atoms with Crippen molar-refractivity contribution in [2.75, 3.05) is 0 Å². The van der Waals surface area contributed by atoms with Crippen LogP contribution in [-0.2, 0) is 0 Å². The lowest BCUT2D eigenvalue weighted by molar-refractivity contribution is 0.285. The summed E-state index contributed by atoms with van der Waals surface area (Å²) in [4.78, 5) is 0. The molecule has 0 heteroatoms. The van der Waals surface area contributed by atoms with Gasteiger partial charge in [-0.1, -0.05) is 32.4 Å². The van der Waals surface area contributed by atoms with Crippen molar-refractivity contribution < 1.29 is 0 Å². The molecule has 4 atom stereocenters. The van der Waals surface area contributed by atoms with Crippen LogP contribution in [0.15, 0.2) is 12.2 Å². The van der Waals surface area contributed by atoms with Crippen molar-refractivity contribution in [2.45, 2.75) is 46.0 Å². The highest BCUT2D eigenvalue weighted by Gasteiger charge is 2.47. The van der Waals surface area contributed by atoms with Gasteiger partial charge in [0.25, 0.3) is 0 Å². The molecule has 0 N–H and O–H groups in total. The summed E-state index contributed by atoms with van der Waals surface area (Å²) in [6.45, 7) is 4.25. The molecule has 0 nitrogen and oxygen atoms in total. The smallest absolute Gasteiger partial charge is 0.0171 e. The summed E-state index contributed by atoms with van der Waals surface area (Å²) in [7, 11) is 0.